The van der Waals surface area contributed by atoms with E-state index in [4.69, 9.17) is 5.11 Å². The Hall–Kier alpha value is -1.30. The highest BCUT2D eigenvalue weighted by Crippen LogP contribution is 2.07. The summed E-state index contributed by atoms with van der Waals surface area (Å²) in [6, 6.07) is -0.268. The lowest BCUT2D eigenvalue weighted by Gasteiger charge is -2.31. The molecule has 0 saturated carbocycles. The molecule has 0 aliphatic carbocycles. The maximum Gasteiger partial charge on any atom is 0.319 e. The van der Waals surface area contributed by atoms with Crippen LogP contribution in [0.3, 0.4) is 0 Å². The van der Waals surface area contributed by atoms with Gasteiger partial charge in [0.1, 0.15) is 0 Å². The van der Waals surface area contributed by atoms with E-state index >= 15 is 0 Å². The standard InChI is InChI=1S/C11H22N2O4/c1-5-13(8-11(2,3)17)10(16)12(4)7-6-9(14)15/h17H,5-8H2,1-4H3,(H,14,15). The van der Waals surface area contributed by atoms with Gasteiger partial charge in [-0.1, -0.05) is 0 Å². The molecule has 2 amide bonds. The molecule has 0 aliphatic rings. The molecule has 6 nitrogen and oxygen atoms in total. The molecule has 0 spiro atoms. The van der Waals surface area contributed by atoms with Gasteiger partial charge < -0.3 is 20.0 Å². The van der Waals surface area contributed by atoms with Crippen LogP contribution in [0.25, 0.3) is 0 Å². The Morgan fingerprint density at radius 3 is 2.18 bits per heavy atom. The second kappa shape index (κ2) is 6.44. The summed E-state index contributed by atoms with van der Waals surface area (Å²) in [5.41, 5.74) is -0.959. The molecule has 0 radical (unpaired) electrons. The maximum absolute atomic E-state index is 11.9. The number of amides is 2. The van der Waals surface area contributed by atoms with Crippen LogP contribution in [-0.2, 0) is 4.79 Å². The van der Waals surface area contributed by atoms with Gasteiger partial charge in [0.25, 0.3) is 0 Å². The first-order chi connectivity index (χ1) is 7.67. The second-order valence-corrected chi connectivity index (χ2v) is 4.67. The third kappa shape index (κ3) is 6.78. The summed E-state index contributed by atoms with van der Waals surface area (Å²) >= 11 is 0. The summed E-state index contributed by atoms with van der Waals surface area (Å²) < 4.78 is 0. The van der Waals surface area contributed by atoms with Crippen LogP contribution in [0.1, 0.15) is 27.2 Å². The van der Waals surface area contributed by atoms with Crippen molar-refractivity contribution in [3.8, 4) is 0 Å². The predicted molar refractivity (Wildman–Crippen MR) is 63.8 cm³/mol. The number of carbonyl (C=O) groups is 2. The molecule has 0 unspecified atom stereocenters. The van der Waals surface area contributed by atoms with Crippen LogP contribution in [0.4, 0.5) is 4.79 Å². The first kappa shape index (κ1) is 15.7. The van der Waals surface area contributed by atoms with E-state index in [2.05, 4.69) is 0 Å². The number of hydrogen-bond acceptors (Lipinski definition) is 3. The number of aliphatic hydroxyl groups is 1. The summed E-state index contributed by atoms with van der Waals surface area (Å²) in [5, 5.41) is 18.2. The minimum Gasteiger partial charge on any atom is -0.481 e. The monoisotopic (exact) mass is 246 g/mol. The van der Waals surface area contributed by atoms with Crippen LogP contribution >= 0.6 is 0 Å². The van der Waals surface area contributed by atoms with Gasteiger partial charge in [0.05, 0.1) is 18.6 Å². The van der Waals surface area contributed by atoms with Crippen molar-refractivity contribution in [2.45, 2.75) is 32.8 Å². The number of aliphatic carboxylic acids is 1. The lowest BCUT2D eigenvalue weighted by atomic mass is 10.1. The fraction of sp³-hybridized carbons (Fsp3) is 0.818. The summed E-state index contributed by atoms with van der Waals surface area (Å²) in [5.74, 6) is -0.935. The van der Waals surface area contributed by atoms with Gasteiger partial charge in [0.15, 0.2) is 0 Å². The molecule has 0 bridgehead atoms. The van der Waals surface area contributed by atoms with E-state index in [-0.39, 0.29) is 25.5 Å². The van der Waals surface area contributed by atoms with E-state index in [9.17, 15) is 14.7 Å². The molecule has 0 aromatic rings. The molecule has 0 saturated heterocycles. The number of likely N-dealkylation sites (N-methyl/N-ethyl adjacent to an activating group) is 1. The van der Waals surface area contributed by atoms with Gasteiger partial charge in [-0.25, -0.2) is 4.79 Å². The summed E-state index contributed by atoms with van der Waals surface area (Å²) in [7, 11) is 1.55. The van der Waals surface area contributed by atoms with Crippen molar-refractivity contribution in [1.29, 1.82) is 0 Å². The van der Waals surface area contributed by atoms with E-state index in [0.29, 0.717) is 6.54 Å². The molecule has 0 fully saturated rings. The average molecular weight is 246 g/mol. The zero-order valence-corrected chi connectivity index (χ0v) is 10.9. The highest BCUT2D eigenvalue weighted by Gasteiger charge is 2.23. The van der Waals surface area contributed by atoms with Crippen LogP contribution in [-0.4, -0.2) is 64.3 Å². The van der Waals surface area contributed by atoms with Crippen LogP contribution in [0.15, 0.2) is 0 Å². The Kier molecular flexibility index (Phi) is 5.95. The van der Waals surface area contributed by atoms with E-state index in [1.54, 1.807) is 20.9 Å². The predicted octanol–water partition coefficient (Wildman–Crippen LogP) is 0.606. The van der Waals surface area contributed by atoms with Crippen molar-refractivity contribution < 1.29 is 19.8 Å². The number of hydrogen-bond donors (Lipinski definition) is 2. The highest BCUT2D eigenvalue weighted by atomic mass is 16.4. The second-order valence-electron chi connectivity index (χ2n) is 4.67. The lowest BCUT2D eigenvalue weighted by Crippen LogP contribution is -2.47. The zero-order valence-electron chi connectivity index (χ0n) is 10.9. The van der Waals surface area contributed by atoms with Gasteiger partial charge in [-0.05, 0) is 20.8 Å². The van der Waals surface area contributed by atoms with Crippen molar-refractivity contribution in [1.82, 2.24) is 9.80 Å². The SMILES string of the molecule is CCN(CC(C)(C)O)C(=O)N(C)CCC(=O)O. The van der Waals surface area contributed by atoms with E-state index in [1.165, 1.54) is 9.80 Å². The summed E-state index contributed by atoms with van der Waals surface area (Å²) in [4.78, 5) is 25.2. The van der Waals surface area contributed by atoms with Crippen molar-refractivity contribution in [3.63, 3.8) is 0 Å². The van der Waals surface area contributed by atoms with Gasteiger partial charge in [-0.3, -0.25) is 4.79 Å². The topological polar surface area (TPSA) is 81.1 Å². The molecule has 0 aromatic heterocycles. The van der Waals surface area contributed by atoms with Crippen molar-refractivity contribution >= 4 is 12.0 Å². The quantitative estimate of drug-likeness (QED) is 0.719. The minimum absolute atomic E-state index is 0.0810. The molecule has 0 aliphatic heterocycles. The number of carboxylic acid groups (broad SMARTS) is 1. The Bertz CT molecular complexity index is 273. The number of nitrogens with zero attached hydrogens (tertiary/aromatic N) is 2. The summed E-state index contributed by atoms with van der Waals surface area (Å²) in [6.07, 6.45) is -0.0810. The number of urea groups is 1. The third-order valence-corrected chi connectivity index (χ3v) is 2.22. The zero-order chi connectivity index (χ0) is 13.6. The highest BCUT2D eigenvalue weighted by molar-refractivity contribution is 5.75. The van der Waals surface area contributed by atoms with Gasteiger partial charge in [0, 0.05) is 20.1 Å². The molecular weight excluding hydrogens is 224 g/mol. The largest absolute Gasteiger partial charge is 0.481 e. The molecule has 100 valence electrons. The molecular formula is C11H22N2O4. The number of carbonyl (C=O) groups excluding carboxylic acids is 1. The van der Waals surface area contributed by atoms with E-state index in [0.717, 1.165) is 0 Å². The molecule has 6 heteroatoms. The molecule has 2 N–H and O–H groups in total. The normalized spacial score (nSPS) is 11.1. The van der Waals surface area contributed by atoms with Crippen molar-refractivity contribution in [3.05, 3.63) is 0 Å². The van der Waals surface area contributed by atoms with E-state index in [1.807, 2.05) is 6.92 Å². The van der Waals surface area contributed by atoms with Crippen LogP contribution in [0.2, 0.25) is 0 Å². The van der Waals surface area contributed by atoms with Gasteiger partial charge >= 0.3 is 12.0 Å². The molecule has 17 heavy (non-hydrogen) atoms. The van der Waals surface area contributed by atoms with Crippen LogP contribution in [0, 0.1) is 0 Å². The average Bonchev–Trinajstić information content (AvgIpc) is 2.20. The Balaban J connectivity index is 4.37. The molecule has 0 atom stereocenters. The van der Waals surface area contributed by atoms with Crippen molar-refractivity contribution in [2.75, 3.05) is 26.7 Å². The van der Waals surface area contributed by atoms with Gasteiger partial charge in [0.2, 0.25) is 0 Å². The fourth-order valence-electron chi connectivity index (χ4n) is 1.38. The minimum atomic E-state index is -0.959. The molecule has 0 heterocycles. The Morgan fingerprint density at radius 1 is 1.29 bits per heavy atom. The molecule has 0 rings (SSSR count). The van der Waals surface area contributed by atoms with Crippen LogP contribution < -0.4 is 0 Å². The number of rotatable bonds is 6. The molecule has 0 aromatic carbocycles. The van der Waals surface area contributed by atoms with Gasteiger partial charge in [-0.15, -0.1) is 0 Å². The smallest absolute Gasteiger partial charge is 0.319 e. The maximum atomic E-state index is 11.9. The Morgan fingerprint density at radius 2 is 1.82 bits per heavy atom. The lowest BCUT2D eigenvalue weighted by molar-refractivity contribution is -0.137. The first-order valence-corrected chi connectivity index (χ1v) is 5.61. The Labute approximate surface area is 102 Å². The number of carboxylic acids is 1. The summed E-state index contributed by atoms with van der Waals surface area (Å²) in [6.45, 7) is 5.92. The van der Waals surface area contributed by atoms with Crippen LogP contribution in [0.5, 0.6) is 0 Å². The third-order valence-electron chi connectivity index (χ3n) is 2.22. The fourth-order valence-corrected chi connectivity index (χ4v) is 1.38. The first-order valence-electron chi connectivity index (χ1n) is 5.61. The van der Waals surface area contributed by atoms with Crippen molar-refractivity contribution in [2.24, 2.45) is 0 Å². The van der Waals surface area contributed by atoms with Gasteiger partial charge in [-0.2, -0.15) is 0 Å². The van der Waals surface area contributed by atoms with E-state index < -0.39 is 11.6 Å².